The molecule has 1 aliphatic carbocycles. The lowest BCUT2D eigenvalue weighted by molar-refractivity contribution is -0.137. The van der Waals surface area contributed by atoms with Gasteiger partial charge in [-0.05, 0) is 75.2 Å². The highest BCUT2D eigenvalue weighted by Gasteiger charge is 2.37. The molecule has 1 fully saturated rings. The van der Waals surface area contributed by atoms with E-state index in [1.807, 2.05) is 4.90 Å². The van der Waals surface area contributed by atoms with Crippen molar-refractivity contribution in [2.75, 3.05) is 18.8 Å². The van der Waals surface area contributed by atoms with Crippen LogP contribution >= 0.6 is 11.6 Å². The van der Waals surface area contributed by atoms with Crippen LogP contribution < -0.4 is 9.46 Å². The van der Waals surface area contributed by atoms with E-state index in [1.54, 1.807) is 14.1 Å². The zero-order chi connectivity index (χ0) is 27.7. The molecule has 14 heteroatoms. The van der Waals surface area contributed by atoms with E-state index < -0.39 is 39.6 Å². The Morgan fingerprint density at radius 3 is 2.53 bits per heavy atom. The minimum atomic E-state index is -4.57. The molecule has 3 aromatic rings. The molecule has 8 nitrogen and oxygen atoms in total. The Morgan fingerprint density at radius 1 is 1.13 bits per heavy atom. The lowest BCUT2D eigenvalue weighted by Crippen LogP contribution is -2.46. The van der Waals surface area contributed by atoms with Crippen LogP contribution in [0.5, 0.6) is 5.88 Å². The Morgan fingerprint density at radius 2 is 1.89 bits per heavy atom. The van der Waals surface area contributed by atoms with Crippen molar-refractivity contribution in [3.63, 3.8) is 0 Å². The van der Waals surface area contributed by atoms with Gasteiger partial charge in [-0.3, -0.25) is 4.72 Å². The molecule has 1 N–H and O–H groups in total. The fraction of sp³-hybridized carbons (Fsp3) is 0.375. The molecule has 3 atom stereocenters. The predicted molar refractivity (Wildman–Crippen MR) is 132 cm³/mol. The fourth-order valence-corrected chi connectivity index (χ4v) is 5.96. The molecule has 0 unspecified atom stereocenters. The zero-order valence-electron chi connectivity index (χ0n) is 20.3. The Balaban J connectivity index is 1.50. The van der Waals surface area contributed by atoms with E-state index in [4.69, 9.17) is 16.3 Å². The monoisotopic (exact) mass is 573 g/mol. The molecule has 0 amide bonds. The maximum absolute atomic E-state index is 14.5. The molecule has 1 aliphatic rings. The number of nitrogens with zero attached hydrogens (tertiary/aromatic N) is 4. The number of likely N-dealkylation sites (N-methyl/N-ethyl adjacent to an activating group) is 1. The van der Waals surface area contributed by atoms with Crippen LogP contribution in [0.1, 0.15) is 36.3 Å². The highest BCUT2D eigenvalue weighted by molar-refractivity contribution is 7.92. The van der Waals surface area contributed by atoms with Crippen LogP contribution in [0.4, 0.5) is 23.4 Å². The predicted octanol–water partition coefficient (Wildman–Crippen LogP) is 5.13. The van der Waals surface area contributed by atoms with E-state index in [0.29, 0.717) is 19.3 Å². The number of aromatic nitrogens is 3. The van der Waals surface area contributed by atoms with Crippen LogP contribution in [-0.2, 0) is 16.2 Å². The summed E-state index contributed by atoms with van der Waals surface area (Å²) in [6.07, 6.45) is -1.32. The van der Waals surface area contributed by atoms with Crippen LogP contribution in [0.2, 0.25) is 5.15 Å². The number of sulfonamides is 1. The van der Waals surface area contributed by atoms with Crippen LogP contribution in [0.15, 0.2) is 53.8 Å². The van der Waals surface area contributed by atoms with Crippen molar-refractivity contribution < 1.29 is 30.7 Å². The van der Waals surface area contributed by atoms with Gasteiger partial charge < -0.3 is 9.64 Å². The average Bonchev–Trinajstić information content (AvgIpc) is 2.84. The van der Waals surface area contributed by atoms with E-state index in [2.05, 4.69) is 19.7 Å². The summed E-state index contributed by atoms with van der Waals surface area (Å²) in [5, 5.41) is -0.315. The van der Waals surface area contributed by atoms with E-state index in [1.165, 1.54) is 30.7 Å². The SMILES string of the molecule is CN(C)[C@H]1C[C@@H](c2cc(C(F)(F)F)ccc2F)CC[C@@H]1Oc1ccc(S(=O)(=O)Nc2ccncn2)c(Cl)n1. The molecule has 0 aliphatic heterocycles. The van der Waals surface area contributed by atoms with Crippen molar-refractivity contribution >= 4 is 27.4 Å². The number of hydrogen-bond acceptors (Lipinski definition) is 7. The topological polar surface area (TPSA) is 97.3 Å². The van der Waals surface area contributed by atoms with E-state index >= 15 is 0 Å². The first-order valence-electron chi connectivity index (χ1n) is 11.5. The van der Waals surface area contributed by atoms with Crippen molar-refractivity contribution in [3.05, 3.63) is 71.0 Å². The molecule has 0 spiro atoms. The van der Waals surface area contributed by atoms with Crippen molar-refractivity contribution in [1.82, 2.24) is 19.9 Å². The van der Waals surface area contributed by atoms with Gasteiger partial charge in [0.2, 0.25) is 5.88 Å². The lowest BCUT2D eigenvalue weighted by Gasteiger charge is -2.39. The smallest absolute Gasteiger partial charge is 0.416 e. The second-order valence-electron chi connectivity index (χ2n) is 9.07. The summed E-state index contributed by atoms with van der Waals surface area (Å²) < 4.78 is 87.9. The third kappa shape index (κ3) is 6.33. The number of anilines is 1. The molecule has 1 saturated carbocycles. The third-order valence-electron chi connectivity index (χ3n) is 6.35. The summed E-state index contributed by atoms with van der Waals surface area (Å²) in [5.74, 6) is -0.988. The number of benzene rings is 1. The molecule has 0 saturated heterocycles. The summed E-state index contributed by atoms with van der Waals surface area (Å²) in [4.78, 5) is 13.2. The van der Waals surface area contributed by atoms with Crippen LogP contribution in [-0.4, -0.2) is 54.5 Å². The van der Waals surface area contributed by atoms with Crippen LogP contribution in [0.3, 0.4) is 0 Å². The first kappa shape index (κ1) is 28.0. The molecule has 0 radical (unpaired) electrons. The van der Waals surface area contributed by atoms with Gasteiger partial charge in [0, 0.05) is 18.3 Å². The number of pyridine rings is 1. The van der Waals surface area contributed by atoms with Gasteiger partial charge in [0.05, 0.1) is 5.56 Å². The fourth-order valence-electron chi connectivity index (χ4n) is 4.48. The molecule has 2 heterocycles. The molecule has 1 aromatic carbocycles. The number of hydrogen-bond donors (Lipinski definition) is 1. The highest BCUT2D eigenvalue weighted by atomic mass is 35.5. The third-order valence-corrected chi connectivity index (χ3v) is 8.14. The maximum atomic E-state index is 14.5. The standard InChI is InChI=1S/C24H24ClF4N5O3S/c1-34(2)18-11-14(16-12-15(24(27,28)29)4-5-17(16)26)3-6-19(18)37-22-8-7-20(23(25)32-22)38(35,36)33-21-9-10-30-13-31-21/h4-5,7-10,12-14,18-19H,3,6,11H2,1-2H3,(H,30,31,33)/t14-,18-,19-/m0/s1. The second-order valence-corrected chi connectivity index (χ2v) is 11.1. The van der Waals surface area contributed by atoms with E-state index in [0.717, 1.165) is 18.2 Å². The summed E-state index contributed by atoms with van der Waals surface area (Å²) in [6, 6.07) is 6.18. The summed E-state index contributed by atoms with van der Waals surface area (Å²) in [5.41, 5.74) is -0.867. The molecule has 2 aromatic heterocycles. The summed E-state index contributed by atoms with van der Waals surface area (Å²) in [7, 11) is -0.503. The molecule has 204 valence electrons. The van der Waals surface area contributed by atoms with E-state index in [-0.39, 0.29) is 33.4 Å². The lowest BCUT2D eigenvalue weighted by atomic mass is 9.78. The van der Waals surface area contributed by atoms with Gasteiger partial charge in [-0.25, -0.2) is 27.8 Å². The summed E-state index contributed by atoms with van der Waals surface area (Å²) >= 11 is 6.18. The van der Waals surface area contributed by atoms with Crippen LogP contribution in [0, 0.1) is 5.82 Å². The van der Waals surface area contributed by atoms with Gasteiger partial charge in [0.25, 0.3) is 10.0 Å². The quantitative estimate of drug-likeness (QED) is 0.309. The van der Waals surface area contributed by atoms with Gasteiger partial charge in [-0.1, -0.05) is 11.6 Å². The second kappa shape index (κ2) is 11.0. The van der Waals surface area contributed by atoms with Crippen molar-refractivity contribution in [2.45, 2.75) is 48.4 Å². The molecular weight excluding hydrogens is 550 g/mol. The number of alkyl halides is 3. The largest absolute Gasteiger partial charge is 0.473 e. The zero-order valence-corrected chi connectivity index (χ0v) is 21.9. The van der Waals surface area contributed by atoms with E-state index in [9.17, 15) is 26.0 Å². The van der Waals surface area contributed by atoms with Gasteiger partial charge in [-0.15, -0.1) is 0 Å². The average molecular weight is 574 g/mol. The number of halogens is 5. The minimum absolute atomic E-state index is 0.0250. The first-order valence-corrected chi connectivity index (χ1v) is 13.4. The molecule has 4 rings (SSSR count). The number of ether oxygens (including phenoxy) is 1. The maximum Gasteiger partial charge on any atom is 0.416 e. The van der Waals surface area contributed by atoms with Gasteiger partial charge in [-0.2, -0.15) is 13.2 Å². The minimum Gasteiger partial charge on any atom is -0.473 e. The summed E-state index contributed by atoms with van der Waals surface area (Å²) in [6.45, 7) is 0. The van der Waals surface area contributed by atoms with Crippen molar-refractivity contribution in [2.24, 2.45) is 0 Å². The normalized spacial score (nSPS) is 20.4. The van der Waals surface area contributed by atoms with Gasteiger partial charge in [0.15, 0.2) is 5.15 Å². The van der Waals surface area contributed by atoms with Gasteiger partial charge >= 0.3 is 6.18 Å². The first-order chi connectivity index (χ1) is 17.8. The van der Waals surface area contributed by atoms with Crippen molar-refractivity contribution in [3.8, 4) is 5.88 Å². The molecule has 38 heavy (non-hydrogen) atoms. The Kier molecular flexibility index (Phi) is 8.09. The Hall–Kier alpha value is -3.03. The highest BCUT2D eigenvalue weighted by Crippen LogP contribution is 2.40. The van der Waals surface area contributed by atoms with Crippen molar-refractivity contribution in [1.29, 1.82) is 0 Å². The Labute approximate surface area is 222 Å². The molecule has 0 bridgehead atoms. The number of rotatable bonds is 7. The number of nitrogens with one attached hydrogen (secondary N) is 1. The Bertz CT molecular complexity index is 1390. The van der Waals surface area contributed by atoms with Crippen LogP contribution in [0.25, 0.3) is 0 Å². The van der Waals surface area contributed by atoms with Gasteiger partial charge in [0.1, 0.15) is 29.0 Å². The molecular formula is C24H24ClF4N5O3S.